The number of anilines is 1. The van der Waals surface area contributed by atoms with E-state index in [1.54, 1.807) is 21.9 Å². The average molecular weight is 591 g/mol. The minimum atomic E-state index is -1.03. The van der Waals surface area contributed by atoms with Crippen molar-refractivity contribution in [2.45, 2.75) is 85.1 Å². The van der Waals surface area contributed by atoms with E-state index in [1.807, 2.05) is 55.4 Å². The molecule has 41 heavy (non-hydrogen) atoms. The van der Waals surface area contributed by atoms with Crippen LogP contribution in [0.2, 0.25) is 0 Å². The first-order chi connectivity index (χ1) is 19.0. The zero-order valence-electron chi connectivity index (χ0n) is 25.2. The summed E-state index contributed by atoms with van der Waals surface area (Å²) in [7, 11) is 0. The minimum absolute atomic E-state index is 0.121. The van der Waals surface area contributed by atoms with Crippen LogP contribution >= 0.6 is 11.3 Å². The quantitative estimate of drug-likeness (QED) is 0.483. The number of hydrogen-bond donors (Lipinski definition) is 1. The molecule has 3 heterocycles. The largest absolute Gasteiger partial charge is 0.478 e. The molecule has 0 aliphatic carbocycles. The molecule has 0 spiro atoms. The van der Waals surface area contributed by atoms with E-state index in [-0.39, 0.29) is 35.8 Å². The molecule has 2 aromatic rings. The van der Waals surface area contributed by atoms with Gasteiger partial charge in [0, 0.05) is 32.1 Å². The number of hydrogen-bond acceptors (Lipinski definition) is 9. The van der Waals surface area contributed by atoms with Crippen molar-refractivity contribution in [3.63, 3.8) is 0 Å². The van der Waals surface area contributed by atoms with Gasteiger partial charge in [0.1, 0.15) is 16.7 Å². The van der Waals surface area contributed by atoms with Crippen LogP contribution in [-0.4, -0.2) is 94.1 Å². The van der Waals surface area contributed by atoms with E-state index in [0.29, 0.717) is 48.2 Å². The topological polar surface area (TPSA) is 122 Å². The van der Waals surface area contributed by atoms with Crippen LogP contribution in [0.25, 0.3) is 10.2 Å². The fourth-order valence-corrected chi connectivity index (χ4v) is 6.25. The summed E-state index contributed by atoms with van der Waals surface area (Å²) in [6.45, 7) is 17.6. The Hall–Kier alpha value is -3.28. The molecule has 1 aromatic carbocycles. The number of aromatic carboxylic acids is 1. The fourth-order valence-electron chi connectivity index (χ4n) is 5.30. The molecular formula is C29H42N4O7S. The number of carbonyl (C=O) groups excluding carboxylic acids is 2. The van der Waals surface area contributed by atoms with E-state index in [0.717, 1.165) is 12.1 Å². The van der Waals surface area contributed by atoms with Crippen molar-refractivity contribution in [2.24, 2.45) is 5.92 Å². The van der Waals surface area contributed by atoms with Crippen molar-refractivity contribution in [1.82, 2.24) is 14.8 Å². The lowest BCUT2D eigenvalue weighted by molar-refractivity contribution is 0.00560. The molecule has 1 N–H and O–H groups in total. The number of fused-ring (bicyclic) bond motifs is 1. The second-order valence-electron chi connectivity index (χ2n) is 13.0. The monoisotopic (exact) mass is 590 g/mol. The van der Waals surface area contributed by atoms with E-state index in [9.17, 15) is 19.5 Å². The Labute approximate surface area is 245 Å². The zero-order chi connectivity index (χ0) is 30.3. The average Bonchev–Trinajstić information content (AvgIpc) is 3.46. The molecule has 0 bridgehead atoms. The predicted octanol–water partition coefficient (Wildman–Crippen LogP) is 5.46. The number of carbonyl (C=O) groups is 3. The van der Waals surface area contributed by atoms with Gasteiger partial charge in [-0.05, 0) is 73.9 Å². The van der Waals surface area contributed by atoms with E-state index < -0.39 is 17.2 Å². The molecule has 1 aromatic heterocycles. The Kier molecular flexibility index (Phi) is 8.63. The molecule has 2 fully saturated rings. The number of nitrogens with zero attached hydrogens (tertiary/aromatic N) is 4. The van der Waals surface area contributed by atoms with Crippen LogP contribution in [0, 0.1) is 5.92 Å². The van der Waals surface area contributed by atoms with Crippen molar-refractivity contribution >= 4 is 45.4 Å². The van der Waals surface area contributed by atoms with Crippen molar-refractivity contribution in [3.05, 3.63) is 17.7 Å². The van der Waals surface area contributed by atoms with Crippen molar-refractivity contribution in [3.8, 4) is 5.19 Å². The summed E-state index contributed by atoms with van der Waals surface area (Å²) < 4.78 is 17.7. The molecule has 3 atom stereocenters. The van der Waals surface area contributed by atoms with Crippen LogP contribution in [0.5, 0.6) is 5.19 Å². The number of amides is 2. The third-order valence-electron chi connectivity index (χ3n) is 6.98. The Balaban J connectivity index is 1.49. The van der Waals surface area contributed by atoms with E-state index in [4.69, 9.17) is 19.2 Å². The van der Waals surface area contributed by atoms with Gasteiger partial charge in [-0.15, -0.1) is 0 Å². The van der Waals surface area contributed by atoms with Gasteiger partial charge in [0.05, 0.1) is 34.6 Å². The van der Waals surface area contributed by atoms with Crippen LogP contribution in [-0.2, 0) is 9.47 Å². The number of carboxylic acids is 1. The van der Waals surface area contributed by atoms with Gasteiger partial charge < -0.3 is 29.1 Å². The second-order valence-corrected chi connectivity index (χ2v) is 13.9. The van der Waals surface area contributed by atoms with Crippen molar-refractivity contribution in [1.29, 1.82) is 0 Å². The molecule has 2 aliphatic heterocycles. The first kappa shape index (κ1) is 30.7. The molecule has 0 saturated carbocycles. The highest BCUT2D eigenvalue weighted by Gasteiger charge is 2.37. The summed E-state index contributed by atoms with van der Waals surface area (Å²) in [4.78, 5) is 47.7. The molecule has 0 radical (unpaired) electrons. The van der Waals surface area contributed by atoms with E-state index in [1.165, 1.54) is 11.3 Å². The highest BCUT2D eigenvalue weighted by Crippen LogP contribution is 2.38. The maximum Gasteiger partial charge on any atom is 0.410 e. The molecular weight excluding hydrogens is 548 g/mol. The van der Waals surface area contributed by atoms with Crippen molar-refractivity contribution in [2.75, 3.05) is 37.7 Å². The molecule has 2 saturated heterocycles. The summed E-state index contributed by atoms with van der Waals surface area (Å²) in [6.07, 6.45) is 0.115. The van der Waals surface area contributed by atoms with Crippen molar-refractivity contribution < 1.29 is 33.7 Å². The van der Waals surface area contributed by atoms with Crippen LogP contribution < -0.4 is 9.64 Å². The lowest BCUT2D eigenvalue weighted by atomic mass is 10.1. The first-order valence-electron chi connectivity index (χ1n) is 14.1. The van der Waals surface area contributed by atoms with Crippen LogP contribution in [0.15, 0.2) is 12.1 Å². The molecule has 2 aliphatic rings. The Bertz CT molecular complexity index is 1290. The van der Waals surface area contributed by atoms with Gasteiger partial charge >= 0.3 is 18.2 Å². The van der Waals surface area contributed by atoms with Crippen LogP contribution in [0.1, 0.15) is 72.2 Å². The van der Waals surface area contributed by atoms with Gasteiger partial charge in [0.2, 0.25) is 0 Å². The highest BCUT2D eigenvalue weighted by molar-refractivity contribution is 7.20. The normalized spacial score (nSPS) is 21.8. The van der Waals surface area contributed by atoms with Gasteiger partial charge in [-0.1, -0.05) is 11.3 Å². The molecule has 1 unspecified atom stereocenters. The molecule has 12 heteroatoms. The summed E-state index contributed by atoms with van der Waals surface area (Å²) >= 11 is 1.21. The zero-order valence-corrected chi connectivity index (χ0v) is 26.0. The SMILES string of the molecule is C[C@H]1CN(c2ccc(C(=O)O)c3sc(OCC4CCN(C(=O)OC(C)(C)C)C4)nc23)C[C@H](C)N1C(=O)OC(C)(C)C. The molecule has 4 rings (SSSR count). The standard InChI is InChI=1S/C29H42N4O7S/c1-17-13-32(14-18(2)33(17)27(37)40-29(6,7)8)21-10-9-20(24(34)35)23-22(21)30-25(41-23)38-16-19-11-12-31(15-19)26(36)39-28(3,4)5/h9-10,17-19H,11-16H2,1-8H3,(H,34,35)/t17-,18-,19?/m0/s1. The highest BCUT2D eigenvalue weighted by atomic mass is 32.1. The molecule has 2 amide bonds. The maximum absolute atomic E-state index is 12.9. The predicted molar refractivity (Wildman–Crippen MR) is 157 cm³/mol. The summed E-state index contributed by atoms with van der Waals surface area (Å²) in [5, 5.41) is 10.2. The number of piperazine rings is 1. The minimum Gasteiger partial charge on any atom is -0.478 e. The Morgan fingerprint density at radius 3 is 2.17 bits per heavy atom. The van der Waals surface area contributed by atoms with E-state index >= 15 is 0 Å². The van der Waals surface area contributed by atoms with Gasteiger partial charge in [0.25, 0.3) is 5.19 Å². The molecule has 226 valence electrons. The lowest BCUT2D eigenvalue weighted by Gasteiger charge is -2.45. The number of rotatable bonds is 5. The lowest BCUT2D eigenvalue weighted by Crippen LogP contribution is -2.59. The molecule has 11 nitrogen and oxygen atoms in total. The number of carboxylic acid groups (broad SMARTS) is 1. The third kappa shape index (κ3) is 7.33. The number of ether oxygens (including phenoxy) is 3. The number of likely N-dealkylation sites (tertiary alicyclic amines) is 1. The summed E-state index contributed by atoms with van der Waals surface area (Å²) in [5.41, 5.74) is 0.397. The maximum atomic E-state index is 12.9. The van der Waals surface area contributed by atoms with Gasteiger partial charge in [0.15, 0.2) is 0 Å². The third-order valence-corrected chi connectivity index (χ3v) is 7.98. The van der Waals surface area contributed by atoms with Crippen LogP contribution in [0.3, 0.4) is 0 Å². The summed E-state index contributed by atoms with van der Waals surface area (Å²) in [6, 6.07) is 3.13. The Morgan fingerprint density at radius 2 is 1.59 bits per heavy atom. The first-order valence-corrected chi connectivity index (χ1v) is 14.9. The van der Waals surface area contributed by atoms with E-state index in [2.05, 4.69) is 4.90 Å². The van der Waals surface area contributed by atoms with Gasteiger partial charge in [-0.25, -0.2) is 19.4 Å². The fraction of sp³-hybridized carbons (Fsp3) is 0.655. The summed E-state index contributed by atoms with van der Waals surface area (Å²) in [5.74, 6) is -0.910. The smallest absolute Gasteiger partial charge is 0.410 e. The number of aromatic nitrogens is 1. The van der Waals surface area contributed by atoms with Gasteiger partial charge in [-0.3, -0.25) is 4.90 Å². The Morgan fingerprint density at radius 1 is 0.976 bits per heavy atom. The second kappa shape index (κ2) is 11.5. The number of thiazole rings is 1. The number of benzene rings is 1. The van der Waals surface area contributed by atoms with Gasteiger partial charge in [-0.2, -0.15) is 0 Å². The van der Waals surface area contributed by atoms with Crippen LogP contribution in [0.4, 0.5) is 15.3 Å².